The van der Waals surface area contributed by atoms with Crippen molar-refractivity contribution < 1.29 is 32.0 Å². The zero-order chi connectivity index (χ0) is 30.8. The van der Waals surface area contributed by atoms with E-state index in [1.54, 1.807) is 39.8 Å². The standard InChI is InChI=1S/C32H33F3N4O4/c1-20(36-30(40)42-31(2,3)4)39-16-7-10-27(39)29-37-28(38-43-29)24-12-11-23-19-25(14-13-22(23)18-24)41-17-15-21-8-5-6-9-26(21)32(33,34)35/h5-6,8-9,11-14,18-19,27H,7,10,15-17H2,1-4H3/b36-20+/t27-/m0/s1. The van der Waals surface area contributed by atoms with Crippen LogP contribution < -0.4 is 4.74 Å². The number of hydrogen-bond acceptors (Lipinski definition) is 6. The molecular weight excluding hydrogens is 561 g/mol. The van der Waals surface area contributed by atoms with Gasteiger partial charge in [-0.2, -0.15) is 23.1 Å². The van der Waals surface area contributed by atoms with Crippen molar-refractivity contribution in [3.63, 3.8) is 0 Å². The number of likely N-dealkylation sites (tertiary alicyclic amines) is 1. The Labute approximate surface area is 247 Å². The van der Waals surface area contributed by atoms with Crippen molar-refractivity contribution in [2.45, 2.75) is 64.8 Å². The molecule has 0 saturated carbocycles. The molecular formula is C32H33F3N4O4. The van der Waals surface area contributed by atoms with Crippen LogP contribution in [0.5, 0.6) is 5.75 Å². The molecule has 1 fully saturated rings. The van der Waals surface area contributed by atoms with Gasteiger partial charge in [0, 0.05) is 18.5 Å². The fraction of sp³-hybridized carbons (Fsp3) is 0.375. The first-order valence-electron chi connectivity index (χ1n) is 14.1. The molecule has 2 heterocycles. The highest BCUT2D eigenvalue weighted by molar-refractivity contribution is 5.90. The van der Waals surface area contributed by atoms with Gasteiger partial charge in [0.2, 0.25) is 11.7 Å². The molecule has 0 N–H and O–H groups in total. The summed E-state index contributed by atoms with van der Waals surface area (Å²) in [5.41, 5.74) is -0.304. The number of hydrogen-bond donors (Lipinski definition) is 0. The van der Waals surface area contributed by atoms with Crippen LogP contribution in [0.4, 0.5) is 18.0 Å². The highest BCUT2D eigenvalue weighted by atomic mass is 19.4. The number of rotatable bonds is 6. The second-order valence-electron chi connectivity index (χ2n) is 11.4. The molecule has 0 bridgehead atoms. The molecule has 226 valence electrons. The van der Waals surface area contributed by atoms with Crippen LogP contribution >= 0.6 is 0 Å². The summed E-state index contributed by atoms with van der Waals surface area (Å²) in [6, 6.07) is 16.6. The summed E-state index contributed by atoms with van der Waals surface area (Å²) in [5, 5.41) is 6.02. The number of ether oxygens (including phenoxy) is 2. The Kier molecular flexibility index (Phi) is 8.43. The minimum absolute atomic E-state index is 0.114. The average Bonchev–Trinajstić information content (AvgIpc) is 3.62. The molecule has 3 aromatic carbocycles. The van der Waals surface area contributed by atoms with E-state index >= 15 is 0 Å². The second-order valence-corrected chi connectivity index (χ2v) is 11.4. The van der Waals surface area contributed by atoms with Gasteiger partial charge in [0.1, 0.15) is 23.2 Å². The van der Waals surface area contributed by atoms with Gasteiger partial charge in [-0.15, -0.1) is 0 Å². The van der Waals surface area contributed by atoms with E-state index in [2.05, 4.69) is 15.1 Å². The molecule has 1 saturated heterocycles. The number of nitrogens with zero attached hydrogens (tertiary/aromatic N) is 4. The SMILES string of the molecule is C/C(=N\C(=O)OC(C)(C)C)N1CCC[C@H]1c1nc(-c2ccc3cc(OCCc4ccccc4C(F)(F)F)ccc3c2)no1. The van der Waals surface area contributed by atoms with Crippen LogP contribution in [0.25, 0.3) is 22.2 Å². The van der Waals surface area contributed by atoms with Crippen molar-refractivity contribution in [2.24, 2.45) is 4.99 Å². The largest absolute Gasteiger partial charge is 0.493 e. The number of carbonyl (C=O) groups excluding carboxylic acids is 1. The topological polar surface area (TPSA) is 90.0 Å². The van der Waals surface area contributed by atoms with Crippen molar-refractivity contribution in [2.75, 3.05) is 13.2 Å². The molecule has 5 rings (SSSR count). The van der Waals surface area contributed by atoms with E-state index in [9.17, 15) is 18.0 Å². The minimum atomic E-state index is -4.40. The fourth-order valence-corrected chi connectivity index (χ4v) is 5.13. The zero-order valence-electron chi connectivity index (χ0n) is 24.4. The van der Waals surface area contributed by atoms with Crippen LogP contribution in [0, 0.1) is 0 Å². The zero-order valence-corrected chi connectivity index (χ0v) is 24.4. The molecule has 1 atom stereocenters. The Morgan fingerprint density at radius 3 is 2.58 bits per heavy atom. The number of fused-ring (bicyclic) bond motifs is 1. The molecule has 4 aromatic rings. The lowest BCUT2D eigenvalue weighted by Crippen LogP contribution is -2.30. The van der Waals surface area contributed by atoms with E-state index < -0.39 is 23.4 Å². The number of amidine groups is 1. The summed E-state index contributed by atoms with van der Waals surface area (Å²) in [4.78, 5) is 23.0. The third-order valence-corrected chi connectivity index (χ3v) is 7.07. The molecule has 1 aliphatic rings. The first-order chi connectivity index (χ1) is 20.4. The van der Waals surface area contributed by atoms with E-state index in [0.717, 1.165) is 35.2 Å². The maximum absolute atomic E-state index is 13.3. The molecule has 0 radical (unpaired) electrons. The average molecular weight is 595 g/mol. The number of aromatic nitrogens is 2. The molecule has 8 nitrogen and oxygen atoms in total. The van der Waals surface area contributed by atoms with Gasteiger partial charge in [-0.1, -0.05) is 41.6 Å². The molecule has 1 amide bonds. The number of carbonyl (C=O) groups is 1. The molecule has 43 heavy (non-hydrogen) atoms. The molecule has 0 unspecified atom stereocenters. The first kappa shape index (κ1) is 30.1. The Morgan fingerprint density at radius 1 is 1.07 bits per heavy atom. The van der Waals surface area contributed by atoms with E-state index in [1.807, 2.05) is 35.2 Å². The van der Waals surface area contributed by atoms with Gasteiger partial charge in [-0.25, -0.2) is 4.79 Å². The van der Waals surface area contributed by atoms with E-state index in [0.29, 0.717) is 29.8 Å². The summed E-state index contributed by atoms with van der Waals surface area (Å²) >= 11 is 0. The van der Waals surface area contributed by atoms with Crippen LogP contribution in [0.3, 0.4) is 0 Å². The molecule has 1 aliphatic heterocycles. The van der Waals surface area contributed by atoms with Crippen LogP contribution in [0.15, 0.2) is 70.2 Å². The van der Waals surface area contributed by atoms with Crippen molar-refractivity contribution >= 4 is 22.7 Å². The molecule has 11 heteroatoms. The van der Waals surface area contributed by atoms with Crippen molar-refractivity contribution in [3.05, 3.63) is 77.7 Å². The Hall–Kier alpha value is -4.41. The highest BCUT2D eigenvalue weighted by Crippen LogP contribution is 2.34. The predicted octanol–water partition coefficient (Wildman–Crippen LogP) is 8.02. The van der Waals surface area contributed by atoms with Crippen molar-refractivity contribution in [1.29, 1.82) is 0 Å². The molecule has 1 aromatic heterocycles. The summed E-state index contributed by atoms with van der Waals surface area (Å²) in [5.74, 6) is 1.98. The van der Waals surface area contributed by atoms with E-state index in [-0.39, 0.29) is 24.6 Å². The molecule has 0 aliphatic carbocycles. The summed E-state index contributed by atoms with van der Waals surface area (Å²) in [6.07, 6.45) is -3.23. The van der Waals surface area contributed by atoms with Gasteiger partial charge >= 0.3 is 12.3 Å². The number of benzene rings is 3. The lowest BCUT2D eigenvalue weighted by atomic mass is 10.0. The monoisotopic (exact) mass is 594 g/mol. The summed E-state index contributed by atoms with van der Waals surface area (Å²) in [7, 11) is 0. The van der Waals surface area contributed by atoms with Crippen LogP contribution in [-0.2, 0) is 17.3 Å². The second kappa shape index (κ2) is 12.1. The number of amides is 1. The maximum Gasteiger partial charge on any atom is 0.435 e. The van der Waals surface area contributed by atoms with E-state index in [4.69, 9.17) is 14.0 Å². The third kappa shape index (κ3) is 7.33. The Morgan fingerprint density at radius 2 is 1.81 bits per heavy atom. The maximum atomic E-state index is 13.3. The van der Waals surface area contributed by atoms with Gasteiger partial charge in [0.25, 0.3) is 0 Å². The van der Waals surface area contributed by atoms with E-state index in [1.165, 1.54) is 12.1 Å². The summed E-state index contributed by atoms with van der Waals surface area (Å²) in [6.45, 7) is 7.96. The van der Waals surface area contributed by atoms with Crippen molar-refractivity contribution in [3.8, 4) is 17.1 Å². The Balaban J connectivity index is 1.25. The number of halogens is 3. The van der Waals surface area contributed by atoms with Gasteiger partial charge < -0.3 is 18.9 Å². The van der Waals surface area contributed by atoms with Crippen LogP contribution in [-0.4, -0.2) is 45.7 Å². The van der Waals surface area contributed by atoms with Gasteiger partial charge in [0.05, 0.1) is 12.2 Å². The van der Waals surface area contributed by atoms with Gasteiger partial charge in [0.15, 0.2) is 0 Å². The fourth-order valence-electron chi connectivity index (χ4n) is 5.13. The number of alkyl halides is 3. The van der Waals surface area contributed by atoms with Crippen LogP contribution in [0.2, 0.25) is 0 Å². The predicted molar refractivity (Wildman–Crippen MR) is 156 cm³/mol. The van der Waals surface area contributed by atoms with Gasteiger partial charge in [-0.3, -0.25) is 0 Å². The summed E-state index contributed by atoms with van der Waals surface area (Å²) < 4.78 is 56.5. The van der Waals surface area contributed by atoms with Crippen LogP contribution in [0.1, 0.15) is 63.6 Å². The third-order valence-electron chi connectivity index (χ3n) is 7.07. The number of aliphatic imine (C=N–C) groups is 1. The first-order valence-corrected chi connectivity index (χ1v) is 14.1. The van der Waals surface area contributed by atoms with Gasteiger partial charge in [-0.05, 0) is 81.1 Å². The Bertz CT molecular complexity index is 1640. The lowest BCUT2D eigenvalue weighted by molar-refractivity contribution is -0.138. The normalized spacial score (nSPS) is 16.1. The quantitative estimate of drug-likeness (QED) is 0.165. The highest BCUT2D eigenvalue weighted by Gasteiger charge is 2.33. The molecule has 0 spiro atoms. The smallest absolute Gasteiger partial charge is 0.435 e. The minimum Gasteiger partial charge on any atom is -0.493 e. The lowest BCUT2D eigenvalue weighted by Gasteiger charge is -2.24. The van der Waals surface area contributed by atoms with Crippen molar-refractivity contribution in [1.82, 2.24) is 15.0 Å².